The Morgan fingerprint density at radius 3 is 1.00 bits per heavy atom. The molecular weight excluding hydrogens is 408 g/mol. The summed E-state index contributed by atoms with van der Waals surface area (Å²) in [4.78, 5) is 0. The highest BCUT2D eigenvalue weighted by atomic mass is 16.4. The highest BCUT2D eigenvalue weighted by Crippen LogP contribution is 2.35. The van der Waals surface area contributed by atoms with Gasteiger partial charge in [-0.25, -0.2) is 0 Å². The molecule has 178 valence electrons. The molecule has 9 nitrogen and oxygen atoms in total. The van der Waals surface area contributed by atoms with E-state index in [0.717, 1.165) is 0 Å². The van der Waals surface area contributed by atoms with Crippen LogP contribution in [-0.2, 0) is 0 Å². The number of rotatable bonds is 4. The Bertz CT molecular complexity index is 564. The van der Waals surface area contributed by atoms with Crippen LogP contribution < -0.4 is 0 Å². The highest BCUT2D eigenvalue weighted by molar-refractivity contribution is 5.11. The molecule has 0 aromatic carbocycles. The van der Waals surface area contributed by atoms with Crippen LogP contribution in [0, 0.1) is 23.7 Å². The minimum atomic E-state index is -1.18. The third-order valence-electron chi connectivity index (χ3n) is 7.13. The second-order valence-electron chi connectivity index (χ2n) is 9.50. The lowest BCUT2D eigenvalue weighted by Gasteiger charge is -2.40. The van der Waals surface area contributed by atoms with E-state index in [4.69, 9.17) is 0 Å². The van der Waals surface area contributed by atoms with Crippen molar-refractivity contribution < 1.29 is 46.0 Å². The number of allylic oxidation sites excluding steroid dienone is 2. The highest BCUT2D eigenvalue weighted by Gasteiger charge is 2.41. The zero-order valence-electron chi connectivity index (χ0n) is 17.4. The molecule has 8 atom stereocenters. The Kier molecular flexibility index (Phi) is 8.28. The minimum Gasteiger partial charge on any atom is -0.392 e. The minimum absolute atomic E-state index is 0.0599. The Labute approximate surface area is 181 Å². The van der Waals surface area contributed by atoms with Crippen LogP contribution in [0.1, 0.15) is 32.1 Å². The van der Waals surface area contributed by atoms with Gasteiger partial charge in [-0.1, -0.05) is 24.3 Å². The van der Waals surface area contributed by atoms with Crippen LogP contribution in [0.4, 0.5) is 0 Å². The lowest BCUT2D eigenvalue weighted by atomic mass is 9.73. The Morgan fingerprint density at radius 1 is 0.355 bits per heavy atom. The van der Waals surface area contributed by atoms with E-state index < -0.39 is 66.8 Å². The fourth-order valence-corrected chi connectivity index (χ4v) is 5.15. The summed E-state index contributed by atoms with van der Waals surface area (Å²) in [5, 5.41) is 90.3. The van der Waals surface area contributed by atoms with E-state index in [2.05, 4.69) is 0 Å². The fraction of sp³-hybridized carbons (Fsp3) is 0.818. The van der Waals surface area contributed by atoms with Crippen LogP contribution in [0.15, 0.2) is 24.3 Å². The van der Waals surface area contributed by atoms with Gasteiger partial charge in [0, 0.05) is 18.3 Å². The zero-order valence-corrected chi connectivity index (χ0v) is 17.4. The molecule has 3 aliphatic rings. The molecule has 0 aromatic heterocycles. The smallest absolute Gasteiger partial charge is 0.106 e. The van der Waals surface area contributed by atoms with Crippen LogP contribution in [0.3, 0.4) is 0 Å². The molecule has 3 rings (SSSR count). The molecule has 0 aromatic rings. The van der Waals surface area contributed by atoms with E-state index in [1.807, 2.05) is 0 Å². The normalized spacial score (nSPS) is 52.1. The van der Waals surface area contributed by atoms with E-state index >= 15 is 0 Å². The quantitative estimate of drug-likeness (QED) is 0.217. The molecule has 9 heteroatoms. The summed E-state index contributed by atoms with van der Waals surface area (Å²) in [6, 6.07) is 0. The van der Waals surface area contributed by atoms with Crippen LogP contribution in [0.2, 0.25) is 0 Å². The summed E-state index contributed by atoms with van der Waals surface area (Å²) < 4.78 is 0. The first-order chi connectivity index (χ1) is 14.6. The maximum Gasteiger partial charge on any atom is 0.106 e. The summed E-state index contributed by atoms with van der Waals surface area (Å²) in [5.41, 5.74) is 0. The fourth-order valence-electron chi connectivity index (χ4n) is 5.15. The Balaban J connectivity index is 1.65. The first-order valence-corrected chi connectivity index (χ1v) is 11.1. The van der Waals surface area contributed by atoms with Gasteiger partial charge in [0.05, 0.1) is 42.7 Å². The predicted molar refractivity (Wildman–Crippen MR) is 109 cm³/mol. The molecule has 0 spiro atoms. The first kappa shape index (κ1) is 24.8. The van der Waals surface area contributed by atoms with Gasteiger partial charge in [-0.15, -0.1) is 0 Å². The van der Waals surface area contributed by atoms with E-state index in [1.165, 1.54) is 0 Å². The molecular formula is C22H36O9. The van der Waals surface area contributed by atoms with Gasteiger partial charge in [0.15, 0.2) is 0 Å². The molecule has 0 amide bonds. The van der Waals surface area contributed by atoms with Crippen molar-refractivity contribution in [2.75, 3.05) is 0 Å². The van der Waals surface area contributed by atoms with Crippen molar-refractivity contribution in [3.05, 3.63) is 24.3 Å². The summed E-state index contributed by atoms with van der Waals surface area (Å²) >= 11 is 0. The van der Waals surface area contributed by atoms with Gasteiger partial charge in [0.2, 0.25) is 0 Å². The van der Waals surface area contributed by atoms with Crippen molar-refractivity contribution in [2.24, 2.45) is 23.7 Å². The van der Waals surface area contributed by atoms with Gasteiger partial charge in [-0.05, 0) is 37.5 Å². The lowest BCUT2D eigenvalue weighted by molar-refractivity contribution is -0.0953. The maximum atomic E-state index is 10.8. The van der Waals surface area contributed by atoms with E-state index in [-0.39, 0.29) is 43.9 Å². The number of hydrogen-bond donors (Lipinski definition) is 9. The molecule has 0 aliphatic heterocycles. The molecule has 0 heterocycles. The summed E-state index contributed by atoms with van der Waals surface area (Å²) in [7, 11) is 0. The standard InChI is InChI=1S/C22H36O9/c23-14-9-15(24)13(4-2-11-7-18(27)22(31)19(28)8-11)20(29)12(14)3-1-10-5-16(25)21(30)17(26)6-10/h1-4,10-31H,5-9H2/b3-1+,4-2+. The van der Waals surface area contributed by atoms with Crippen LogP contribution in [0.25, 0.3) is 0 Å². The summed E-state index contributed by atoms with van der Waals surface area (Å²) in [6.45, 7) is 0. The molecule has 31 heavy (non-hydrogen) atoms. The van der Waals surface area contributed by atoms with Crippen LogP contribution in [-0.4, -0.2) is 101 Å². The molecule has 0 bridgehead atoms. The number of aliphatic hydroxyl groups is 9. The van der Waals surface area contributed by atoms with Gasteiger partial charge >= 0.3 is 0 Å². The van der Waals surface area contributed by atoms with Gasteiger partial charge in [-0.3, -0.25) is 0 Å². The third kappa shape index (κ3) is 5.73. The average molecular weight is 445 g/mol. The van der Waals surface area contributed by atoms with Gasteiger partial charge in [-0.2, -0.15) is 0 Å². The topological polar surface area (TPSA) is 182 Å². The van der Waals surface area contributed by atoms with Gasteiger partial charge in [0.1, 0.15) is 12.2 Å². The summed E-state index contributed by atoms with van der Waals surface area (Å²) in [6.07, 6.45) is -1.71. The second-order valence-corrected chi connectivity index (χ2v) is 9.50. The largest absolute Gasteiger partial charge is 0.392 e. The predicted octanol–water partition coefficient (Wildman–Crippen LogP) is -2.20. The van der Waals surface area contributed by atoms with Crippen molar-refractivity contribution in [3.63, 3.8) is 0 Å². The monoisotopic (exact) mass is 444 g/mol. The second kappa shape index (κ2) is 10.4. The van der Waals surface area contributed by atoms with Crippen LogP contribution in [0.5, 0.6) is 0 Å². The zero-order chi connectivity index (χ0) is 22.9. The van der Waals surface area contributed by atoms with Crippen molar-refractivity contribution in [3.8, 4) is 0 Å². The van der Waals surface area contributed by atoms with E-state index in [1.54, 1.807) is 24.3 Å². The van der Waals surface area contributed by atoms with E-state index in [9.17, 15) is 46.0 Å². The third-order valence-corrected chi connectivity index (χ3v) is 7.13. The first-order valence-electron chi connectivity index (χ1n) is 11.1. The molecule has 3 saturated carbocycles. The maximum absolute atomic E-state index is 10.8. The van der Waals surface area contributed by atoms with Gasteiger partial charge in [0.25, 0.3) is 0 Å². The molecule has 9 N–H and O–H groups in total. The SMILES string of the molecule is OC1CC(/C=C/C2C(O)CC(O)C(/C=C/C3CC(O)C(O)C(O)C3)C2O)CC(O)C1O. The van der Waals surface area contributed by atoms with Crippen molar-refractivity contribution in [1.29, 1.82) is 0 Å². The Hall–Kier alpha value is -0.880. The molecule has 3 aliphatic carbocycles. The van der Waals surface area contributed by atoms with Gasteiger partial charge < -0.3 is 46.0 Å². The number of hydrogen-bond acceptors (Lipinski definition) is 9. The number of aliphatic hydroxyl groups excluding tert-OH is 9. The lowest BCUT2D eigenvalue weighted by Crippen LogP contribution is -2.48. The van der Waals surface area contributed by atoms with Crippen molar-refractivity contribution >= 4 is 0 Å². The average Bonchev–Trinajstić information content (AvgIpc) is 2.69. The molecule has 0 radical (unpaired) electrons. The molecule has 3 fully saturated rings. The molecule has 8 unspecified atom stereocenters. The van der Waals surface area contributed by atoms with Crippen LogP contribution >= 0.6 is 0 Å². The molecule has 0 saturated heterocycles. The van der Waals surface area contributed by atoms with Crippen molar-refractivity contribution in [2.45, 2.75) is 87.0 Å². The van der Waals surface area contributed by atoms with E-state index in [0.29, 0.717) is 0 Å². The van der Waals surface area contributed by atoms with Crippen molar-refractivity contribution in [1.82, 2.24) is 0 Å². The Morgan fingerprint density at radius 2 is 0.677 bits per heavy atom. The summed E-state index contributed by atoms with van der Waals surface area (Å²) in [5.74, 6) is -1.76.